The molecule has 0 atom stereocenters. The normalized spacial score (nSPS) is 10.9. The second kappa shape index (κ2) is 5.76. The Labute approximate surface area is 116 Å². The van der Waals surface area contributed by atoms with E-state index in [0.29, 0.717) is 10.8 Å². The van der Waals surface area contributed by atoms with E-state index in [1.807, 2.05) is 30.3 Å². The Balaban J connectivity index is 2.42. The van der Waals surface area contributed by atoms with Gasteiger partial charge in [0.15, 0.2) is 0 Å². The van der Waals surface area contributed by atoms with Gasteiger partial charge in [0, 0.05) is 11.5 Å². The standard InChI is InChI=1S/C15H13ClO3/c1-18-13-7-5-11-9-10(4-8-14(17)19-2)3-6-12(11)15(13)16/h3-9H,1-2H3/b8-4+. The van der Waals surface area contributed by atoms with Gasteiger partial charge in [-0.3, -0.25) is 0 Å². The highest BCUT2D eigenvalue weighted by Crippen LogP contribution is 2.33. The van der Waals surface area contributed by atoms with Crippen LogP contribution < -0.4 is 4.74 Å². The molecule has 0 aliphatic heterocycles. The first-order chi connectivity index (χ1) is 9.15. The molecule has 0 bridgehead atoms. The minimum atomic E-state index is -0.382. The van der Waals surface area contributed by atoms with Crippen LogP contribution in [0.5, 0.6) is 5.75 Å². The van der Waals surface area contributed by atoms with Crippen molar-refractivity contribution in [1.29, 1.82) is 0 Å². The Morgan fingerprint density at radius 2 is 2.00 bits per heavy atom. The van der Waals surface area contributed by atoms with Crippen molar-refractivity contribution >= 4 is 34.4 Å². The van der Waals surface area contributed by atoms with Crippen molar-refractivity contribution in [3.8, 4) is 5.75 Å². The lowest BCUT2D eigenvalue weighted by molar-refractivity contribution is -0.134. The summed E-state index contributed by atoms with van der Waals surface area (Å²) in [6, 6.07) is 9.47. The van der Waals surface area contributed by atoms with Crippen molar-refractivity contribution in [3.63, 3.8) is 0 Å². The van der Waals surface area contributed by atoms with E-state index in [9.17, 15) is 4.79 Å². The van der Waals surface area contributed by atoms with Crippen molar-refractivity contribution < 1.29 is 14.3 Å². The van der Waals surface area contributed by atoms with Gasteiger partial charge >= 0.3 is 5.97 Å². The van der Waals surface area contributed by atoms with Gasteiger partial charge in [0.25, 0.3) is 0 Å². The summed E-state index contributed by atoms with van der Waals surface area (Å²) in [4.78, 5) is 11.0. The van der Waals surface area contributed by atoms with Gasteiger partial charge in [-0.2, -0.15) is 0 Å². The Morgan fingerprint density at radius 3 is 2.68 bits per heavy atom. The third-order valence-corrected chi connectivity index (χ3v) is 3.17. The van der Waals surface area contributed by atoms with Crippen molar-refractivity contribution in [2.75, 3.05) is 14.2 Å². The lowest BCUT2D eigenvalue weighted by Gasteiger charge is -2.07. The Bertz CT molecular complexity index is 647. The number of hydrogen-bond donors (Lipinski definition) is 0. The van der Waals surface area contributed by atoms with Gasteiger partial charge in [0.1, 0.15) is 5.75 Å². The molecule has 0 N–H and O–H groups in total. The van der Waals surface area contributed by atoms with Crippen LogP contribution in [0.2, 0.25) is 5.02 Å². The summed E-state index contributed by atoms with van der Waals surface area (Å²) < 4.78 is 9.72. The predicted molar refractivity (Wildman–Crippen MR) is 76.6 cm³/mol. The Kier molecular flexibility index (Phi) is 4.07. The summed E-state index contributed by atoms with van der Waals surface area (Å²) in [6.07, 6.45) is 3.08. The minimum absolute atomic E-state index is 0.382. The second-order valence-electron chi connectivity index (χ2n) is 3.92. The highest BCUT2D eigenvalue weighted by Gasteiger charge is 2.05. The number of fused-ring (bicyclic) bond motifs is 1. The molecule has 0 aliphatic carbocycles. The number of methoxy groups -OCH3 is 2. The predicted octanol–water partition coefficient (Wildman–Crippen LogP) is 3.69. The summed E-state index contributed by atoms with van der Waals surface area (Å²) in [5.41, 5.74) is 0.902. The van der Waals surface area contributed by atoms with Crippen LogP contribution in [0.4, 0.5) is 0 Å². The maximum atomic E-state index is 11.0. The number of esters is 1. The molecular weight excluding hydrogens is 264 g/mol. The lowest BCUT2D eigenvalue weighted by Crippen LogP contribution is -1.93. The summed E-state index contributed by atoms with van der Waals surface area (Å²) in [6.45, 7) is 0. The molecule has 4 heteroatoms. The van der Waals surface area contributed by atoms with Crippen LogP contribution >= 0.6 is 11.6 Å². The maximum absolute atomic E-state index is 11.0. The first-order valence-corrected chi connectivity index (χ1v) is 6.06. The van der Waals surface area contributed by atoms with Crippen LogP contribution in [0.25, 0.3) is 16.8 Å². The summed E-state index contributed by atoms with van der Waals surface area (Å²) >= 11 is 6.23. The Hall–Kier alpha value is -2.00. The molecule has 0 saturated heterocycles. The fourth-order valence-corrected chi connectivity index (χ4v) is 2.10. The van der Waals surface area contributed by atoms with Crippen LogP contribution in [0, 0.1) is 0 Å². The number of halogens is 1. The zero-order valence-electron chi connectivity index (χ0n) is 10.6. The highest BCUT2D eigenvalue weighted by molar-refractivity contribution is 6.37. The molecule has 0 spiro atoms. The van der Waals surface area contributed by atoms with Gasteiger partial charge < -0.3 is 9.47 Å². The average molecular weight is 277 g/mol. The first kappa shape index (κ1) is 13.4. The van der Waals surface area contributed by atoms with E-state index in [1.165, 1.54) is 13.2 Å². The minimum Gasteiger partial charge on any atom is -0.495 e. The molecule has 2 aromatic rings. The summed E-state index contributed by atoms with van der Waals surface area (Å²) in [7, 11) is 2.93. The fourth-order valence-electron chi connectivity index (χ4n) is 1.78. The number of rotatable bonds is 3. The van der Waals surface area contributed by atoms with E-state index < -0.39 is 0 Å². The van der Waals surface area contributed by atoms with Crippen molar-refractivity contribution in [3.05, 3.63) is 47.0 Å². The molecular formula is C15H13ClO3. The van der Waals surface area contributed by atoms with Crippen molar-refractivity contribution in [2.45, 2.75) is 0 Å². The van der Waals surface area contributed by atoms with E-state index in [0.717, 1.165) is 16.3 Å². The number of ether oxygens (including phenoxy) is 2. The molecule has 0 unspecified atom stereocenters. The average Bonchev–Trinajstić information content (AvgIpc) is 2.45. The quantitative estimate of drug-likeness (QED) is 0.633. The second-order valence-corrected chi connectivity index (χ2v) is 4.30. The third kappa shape index (κ3) is 2.88. The largest absolute Gasteiger partial charge is 0.495 e. The van der Waals surface area contributed by atoms with Crippen LogP contribution in [0.15, 0.2) is 36.4 Å². The fraction of sp³-hybridized carbons (Fsp3) is 0.133. The third-order valence-electron chi connectivity index (χ3n) is 2.78. The molecule has 0 saturated carbocycles. The molecule has 0 heterocycles. The SMILES string of the molecule is COC(=O)/C=C/c1ccc2c(Cl)c(OC)ccc2c1. The van der Waals surface area contributed by atoms with E-state index >= 15 is 0 Å². The molecule has 0 radical (unpaired) electrons. The number of carbonyl (C=O) groups is 1. The number of carbonyl (C=O) groups excluding carboxylic acids is 1. The van der Waals surface area contributed by atoms with E-state index in [-0.39, 0.29) is 5.97 Å². The smallest absolute Gasteiger partial charge is 0.330 e. The van der Waals surface area contributed by atoms with Crippen molar-refractivity contribution in [2.24, 2.45) is 0 Å². The zero-order chi connectivity index (χ0) is 13.8. The molecule has 19 heavy (non-hydrogen) atoms. The van der Waals surface area contributed by atoms with Gasteiger partial charge in [-0.15, -0.1) is 0 Å². The van der Waals surface area contributed by atoms with Gasteiger partial charge in [-0.1, -0.05) is 29.8 Å². The van der Waals surface area contributed by atoms with E-state index in [2.05, 4.69) is 4.74 Å². The van der Waals surface area contributed by atoms with Crippen molar-refractivity contribution in [1.82, 2.24) is 0 Å². The molecule has 2 aromatic carbocycles. The molecule has 0 aromatic heterocycles. The van der Waals surface area contributed by atoms with Gasteiger partial charge in [0.2, 0.25) is 0 Å². The summed E-state index contributed by atoms with van der Waals surface area (Å²) in [5.74, 6) is 0.264. The zero-order valence-corrected chi connectivity index (χ0v) is 11.4. The first-order valence-electron chi connectivity index (χ1n) is 5.68. The maximum Gasteiger partial charge on any atom is 0.330 e. The van der Waals surface area contributed by atoms with Gasteiger partial charge in [0.05, 0.1) is 19.2 Å². The number of benzene rings is 2. The lowest BCUT2D eigenvalue weighted by atomic mass is 10.1. The molecule has 0 amide bonds. The summed E-state index contributed by atoms with van der Waals surface area (Å²) in [5, 5.41) is 2.48. The molecule has 3 nitrogen and oxygen atoms in total. The van der Waals surface area contributed by atoms with Crippen LogP contribution in [0.3, 0.4) is 0 Å². The van der Waals surface area contributed by atoms with E-state index in [1.54, 1.807) is 13.2 Å². The van der Waals surface area contributed by atoms with Gasteiger partial charge in [-0.05, 0) is 29.2 Å². The monoisotopic (exact) mass is 276 g/mol. The van der Waals surface area contributed by atoms with Crippen LogP contribution in [-0.4, -0.2) is 20.2 Å². The molecule has 2 rings (SSSR count). The topological polar surface area (TPSA) is 35.5 Å². The van der Waals surface area contributed by atoms with Crippen LogP contribution in [-0.2, 0) is 9.53 Å². The van der Waals surface area contributed by atoms with Crippen LogP contribution in [0.1, 0.15) is 5.56 Å². The molecule has 98 valence electrons. The highest BCUT2D eigenvalue weighted by atomic mass is 35.5. The van der Waals surface area contributed by atoms with Gasteiger partial charge in [-0.25, -0.2) is 4.79 Å². The number of hydrogen-bond acceptors (Lipinski definition) is 3. The molecule has 0 aliphatic rings. The Morgan fingerprint density at radius 1 is 1.21 bits per heavy atom. The molecule has 0 fully saturated rings. The van der Waals surface area contributed by atoms with E-state index in [4.69, 9.17) is 16.3 Å².